The van der Waals surface area contributed by atoms with E-state index in [1.54, 1.807) is 10.6 Å². The van der Waals surface area contributed by atoms with Crippen molar-refractivity contribution in [3.8, 4) is 0 Å². The van der Waals surface area contributed by atoms with Crippen LogP contribution in [0.15, 0.2) is 26.0 Å². The van der Waals surface area contributed by atoms with Gasteiger partial charge < -0.3 is 9.88 Å². The summed E-state index contributed by atoms with van der Waals surface area (Å²) in [7, 11) is 0. The Morgan fingerprint density at radius 3 is 2.47 bits per heavy atom. The molecular formula is C14H18Br2N2O. The quantitative estimate of drug-likeness (QED) is 0.810. The second kappa shape index (κ2) is 5.70. The molecule has 0 saturated heterocycles. The first-order chi connectivity index (χ1) is 9.15. The summed E-state index contributed by atoms with van der Waals surface area (Å²) in [5.41, 5.74) is 0.0411. The van der Waals surface area contributed by atoms with Crippen molar-refractivity contribution in [3.63, 3.8) is 0 Å². The van der Waals surface area contributed by atoms with Gasteiger partial charge in [-0.25, -0.2) is 0 Å². The fourth-order valence-electron chi connectivity index (χ4n) is 2.71. The highest BCUT2D eigenvalue weighted by Gasteiger charge is 2.40. The van der Waals surface area contributed by atoms with Gasteiger partial charge in [-0.2, -0.15) is 0 Å². The molecular weight excluding hydrogens is 372 g/mol. The summed E-state index contributed by atoms with van der Waals surface area (Å²) in [6.07, 6.45) is 7.40. The topological polar surface area (TPSA) is 34.0 Å². The smallest absolute Gasteiger partial charge is 0.264 e. The Balaban J connectivity index is 1.58. The molecule has 0 bridgehead atoms. The zero-order valence-corrected chi connectivity index (χ0v) is 13.9. The van der Waals surface area contributed by atoms with Crippen molar-refractivity contribution in [2.45, 2.75) is 38.3 Å². The van der Waals surface area contributed by atoms with E-state index in [0.29, 0.717) is 10.5 Å². The van der Waals surface area contributed by atoms with Gasteiger partial charge in [0.25, 0.3) is 5.56 Å². The van der Waals surface area contributed by atoms with Gasteiger partial charge in [-0.3, -0.25) is 4.79 Å². The molecule has 1 N–H and O–H groups in total. The first-order valence-corrected chi connectivity index (χ1v) is 8.52. The zero-order chi connectivity index (χ0) is 13.4. The summed E-state index contributed by atoms with van der Waals surface area (Å²) in [6, 6.07) is 2.50. The fraction of sp³-hybridized carbons (Fsp3) is 0.643. The fourth-order valence-corrected chi connectivity index (χ4v) is 3.97. The normalized spacial score (nSPS) is 19.1. The predicted molar refractivity (Wildman–Crippen MR) is 83.3 cm³/mol. The van der Waals surface area contributed by atoms with Crippen molar-refractivity contribution in [1.82, 2.24) is 9.88 Å². The van der Waals surface area contributed by atoms with Crippen molar-refractivity contribution < 1.29 is 0 Å². The molecule has 5 heteroatoms. The Morgan fingerprint density at radius 2 is 1.89 bits per heavy atom. The van der Waals surface area contributed by atoms with Gasteiger partial charge in [0, 0.05) is 29.8 Å². The molecule has 0 unspecified atom stereocenters. The minimum atomic E-state index is 0.0411. The van der Waals surface area contributed by atoms with Crippen LogP contribution in [-0.2, 0) is 6.54 Å². The van der Waals surface area contributed by atoms with Crippen molar-refractivity contribution in [3.05, 3.63) is 31.6 Å². The third kappa shape index (κ3) is 3.50. The first-order valence-electron chi connectivity index (χ1n) is 6.94. The van der Waals surface area contributed by atoms with Crippen LogP contribution in [0.2, 0.25) is 0 Å². The van der Waals surface area contributed by atoms with Crippen LogP contribution in [-0.4, -0.2) is 17.2 Å². The Morgan fingerprint density at radius 1 is 1.26 bits per heavy atom. The molecule has 104 valence electrons. The monoisotopic (exact) mass is 388 g/mol. The largest absolute Gasteiger partial charge is 0.312 e. The molecule has 19 heavy (non-hydrogen) atoms. The molecule has 0 aliphatic heterocycles. The molecule has 1 aromatic heterocycles. The maximum atomic E-state index is 12.0. The average Bonchev–Trinajstić information content (AvgIpc) is 3.24. The number of halogens is 2. The third-order valence-electron chi connectivity index (χ3n) is 4.00. The van der Waals surface area contributed by atoms with E-state index in [9.17, 15) is 4.79 Å². The molecule has 2 fully saturated rings. The lowest BCUT2D eigenvalue weighted by Gasteiger charge is -2.18. The highest BCUT2D eigenvalue weighted by Crippen LogP contribution is 2.44. The number of pyridine rings is 1. The number of hydrogen-bond acceptors (Lipinski definition) is 2. The molecule has 0 radical (unpaired) electrons. The third-order valence-corrected chi connectivity index (χ3v) is 5.00. The van der Waals surface area contributed by atoms with E-state index in [1.807, 2.05) is 6.20 Å². The minimum absolute atomic E-state index is 0.0411. The molecule has 2 aliphatic carbocycles. The van der Waals surface area contributed by atoms with E-state index in [1.165, 1.54) is 25.7 Å². The summed E-state index contributed by atoms with van der Waals surface area (Å²) in [5.74, 6) is 1.80. The van der Waals surface area contributed by atoms with Gasteiger partial charge >= 0.3 is 0 Å². The predicted octanol–water partition coefficient (Wildman–Crippen LogP) is 3.15. The van der Waals surface area contributed by atoms with Crippen LogP contribution in [0, 0.1) is 11.8 Å². The second-order valence-electron chi connectivity index (χ2n) is 5.66. The standard InChI is InChI=1S/C14H18Br2N2O/c15-11-7-12(16)14(19)18(8-11)6-5-17-13(9-1-2-9)10-3-4-10/h7-10,13,17H,1-6H2. The van der Waals surface area contributed by atoms with Gasteiger partial charge in [-0.05, 0) is 75.4 Å². The highest BCUT2D eigenvalue weighted by atomic mass is 79.9. The van der Waals surface area contributed by atoms with Crippen molar-refractivity contribution in [2.75, 3.05) is 6.54 Å². The number of hydrogen-bond donors (Lipinski definition) is 1. The Labute approximate surface area is 130 Å². The van der Waals surface area contributed by atoms with Crippen LogP contribution in [0.1, 0.15) is 25.7 Å². The van der Waals surface area contributed by atoms with Gasteiger partial charge in [0.2, 0.25) is 0 Å². The SMILES string of the molecule is O=c1c(Br)cc(Br)cn1CCNC(C1CC1)C1CC1. The lowest BCUT2D eigenvalue weighted by Crippen LogP contribution is -2.36. The molecule has 2 saturated carbocycles. The summed E-state index contributed by atoms with van der Waals surface area (Å²) < 4.78 is 3.31. The Bertz CT molecular complexity index is 509. The van der Waals surface area contributed by atoms with Crippen LogP contribution in [0.3, 0.4) is 0 Å². The molecule has 3 nitrogen and oxygen atoms in total. The van der Waals surface area contributed by atoms with Crippen LogP contribution >= 0.6 is 31.9 Å². The van der Waals surface area contributed by atoms with Crippen LogP contribution < -0.4 is 10.9 Å². The van der Waals surface area contributed by atoms with E-state index in [-0.39, 0.29) is 5.56 Å². The maximum Gasteiger partial charge on any atom is 0.264 e. The summed E-state index contributed by atoms with van der Waals surface area (Å²) in [5, 5.41) is 3.67. The van der Waals surface area contributed by atoms with Gasteiger partial charge in [0.15, 0.2) is 0 Å². The molecule has 1 aromatic rings. The summed E-state index contributed by atoms with van der Waals surface area (Å²) in [4.78, 5) is 12.0. The van der Waals surface area contributed by atoms with Crippen LogP contribution in [0.4, 0.5) is 0 Å². The van der Waals surface area contributed by atoms with Gasteiger partial charge in [0.05, 0.1) is 4.47 Å². The van der Waals surface area contributed by atoms with Crippen molar-refractivity contribution in [1.29, 1.82) is 0 Å². The first kappa shape index (κ1) is 13.8. The number of aromatic nitrogens is 1. The second-order valence-corrected chi connectivity index (χ2v) is 7.43. The lowest BCUT2D eigenvalue weighted by molar-refractivity contribution is 0.405. The molecule has 1 heterocycles. The van der Waals surface area contributed by atoms with E-state index in [4.69, 9.17) is 0 Å². The van der Waals surface area contributed by atoms with Crippen molar-refractivity contribution >= 4 is 31.9 Å². The summed E-state index contributed by atoms with van der Waals surface area (Å²) in [6.45, 7) is 1.60. The number of rotatable bonds is 6. The van der Waals surface area contributed by atoms with E-state index in [2.05, 4.69) is 37.2 Å². The number of nitrogens with zero attached hydrogens (tertiary/aromatic N) is 1. The highest BCUT2D eigenvalue weighted by molar-refractivity contribution is 9.11. The molecule has 0 atom stereocenters. The van der Waals surface area contributed by atoms with Crippen LogP contribution in [0.25, 0.3) is 0 Å². The van der Waals surface area contributed by atoms with Gasteiger partial charge in [-0.15, -0.1) is 0 Å². The van der Waals surface area contributed by atoms with Gasteiger partial charge in [-0.1, -0.05) is 0 Å². The zero-order valence-electron chi connectivity index (χ0n) is 10.7. The average molecular weight is 390 g/mol. The molecule has 0 aromatic carbocycles. The van der Waals surface area contributed by atoms with Crippen molar-refractivity contribution in [2.24, 2.45) is 11.8 Å². The molecule has 3 rings (SSSR count). The minimum Gasteiger partial charge on any atom is -0.312 e. The van der Waals surface area contributed by atoms with E-state index >= 15 is 0 Å². The van der Waals surface area contributed by atoms with Gasteiger partial charge in [0.1, 0.15) is 0 Å². The summed E-state index contributed by atoms with van der Waals surface area (Å²) >= 11 is 6.72. The maximum absolute atomic E-state index is 12.0. The number of nitrogens with one attached hydrogen (secondary N) is 1. The van der Waals surface area contributed by atoms with E-state index < -0.39 is 0 Å². The molecule has 2 aliphatic rings. The van der Waals surface area contributed by atoms with Crippen LogP contribution in [0.5, 0.6) is 0 Å². The lowest BCUT2D eigenvalue weighted by atomic mass is 10.1. The molecule has 0 spiro atoms. The Hall–Kier alpha value is -0.130. The Kier molecular flexibility index (Phi) is 4.15. The molecule has 0 amide bonds. The van der Waals surface area contributed by atoms with E-state index in [0.717, 1.165) is 29.4 Å².